The van der Waals surface area contributed by atoms with Gasteiger partial charge < -0.3 is 10.1 Å². The molecule has 3 heteroatoms. The van der Waals surface area contributed by atoms with Crippen molar-refractivity contribution in [3.63, 3.8) is 0 Å². The van der Waals surface area contributed by atoms with Gasteiger partial charge in [-0.2, -0.15) is 0 Å². The Bertz CT molecular complexity index is 379. The molecular formula is C16H26BrNO. The highest BCUT2D eigenvalue weighted by molar-refractivity contribution is 9.10. The molecule has 1 aromatic rings. The van der Waals surface area contributed by atoms with E-state index >= 15 is 0 Å². The quantitative estimate of drug-likeness (QED) is 0.683. The van der Waals surface area contributed by atoms with Gasteiger partial charge in [-0.3, -0.25) is 0 Å². The summed E-state index contributed by atoms with van der Waals surface area (Å²) in [7, 11) is 0. The van der Waals surface area contributed by atoms with Crippen LogP contribution in [0.25, 0.3) is 0 Å². The number of hydrogen-bond donors (Lipinski definition) is 1. The van der Waals surface area contributed by atoms with Crippen molar-refractivity contribution in [2.24, 2.45) is 5.92 Å². The Hall–Kier alpha value is -0.540. The number of rotatable bonds is 8. The summed E-state index contributed by atoms with van der Waals surface area (Å²) in [4.78, 5) is 0. The normalized spacial score (nSPS) is 12.7. The summed E-state index contributed by atoms with van der Waals surface area (Å²) in [6, 6.07) is 6.71. The lowest BCUT2D eigenvalue weighted by atomic mass is 10.1. The minimum absolute atomic E-state index is 0.372. The molecule has 0 aliphatic carbocycles. The van der Waals surface area contributed by atoms with E-state index in [9.17, 15) is 0 Å². The summed E-state index contributed by atoms with van der Waals surface area (Å²) in [5.74, 6) is 1.69. The Morgan fingerprint density at radius 3 is 2.58 bits per heavy atom. The predicted molar refractivity (Wildman–Crippen MR) is 85.8 cm³/mol. The zero-order valence-corrected chi connectivity index (χ0v) is 14.1. The van der Waals surface area contributed by atoms with Gasteiger partial charge in [-0.05, 0) is 65.9 Å². The fraction of sp³-hybridized carbons (Fsp3) is 0.625. The Morgan fingerprint density at radius 2 is 2.00 bits per heavy atom. The molecule has 1 rings (SSSR count). The van der Waals surface area contributed by atoms with Crippen LogP contribution in [0, 0.1) is 5.92 Å². The molecule has 0 spiro atoms. The van der Waals surface area contributed by atoms with Gasteiger partial charge in [0.2, 0.25) is 0 Å². The van der Waals surface area contributed by atoms with E-state index in [4.69, 9.17) is 4.74 Å². The Balaban J connectivity index is 2.52. The van der Waals surface area contributed by atoms with E-state index in [0.29, 0.717) is 6.04 Å². The van der Waals surface area contributed by atoms with Crippen LogP contribution in [-0.4, -0.2) is 13.2 Å². The molecule has 108 valence electrons. The second-order valence-corrected chi connectivity index (χ2v) is 6.21. The van der Waals surface area contributed by atoms with Crippen LogP contribution in [0.5, 0.6) is 5.75 Å². The first-order valence-corrected chi connectivity index (χ1v) is 7.99. The summed E-state index contributed by atoms with van der Waals surface area (Å²) < 4.78 is 6.86. The van der Waals surface area contributed by atoms with Crippen LogP contribution in [0.4, 0.5) is 0 Å². The van der Waals surface area contributed by atoms with Crippen LogP contribution in [0.3, 0.4) is 0 Å². The standard InChI is InChI=1S/C16H26BrNO/c1-5-18-13(4)14-8-9-16(15(17)11-14)19-10-6-7-12(2)3/h8-9,11-13,18H,5-7,10H2,1-4H3. The Labute approximate surface area is 126 Å². The summed E-state index contributed by atoms with van der Waals surface area (Å²) in [6.07, 6.45) is 2.33. The van der Waals surface area contributed by atoms with Gasteiger partial charge in [-0.25, -0.2) is 0 Å². The molecule has 0 amide bonds. The lowest BCUT2D eigenvalue weighted by molar-refractivity contribution is 0.296. The maximum absolute atomic E-state index is 5.81. The Morgan fingerprint density at radius 1 is 1.26 bits per heavy atom. The molecule has 19 heavy (non-hydrogen) atoms. The third kappa shape index (κ3) is 5.96. The van der Waals surface area contributed by atoms with Crippen LogP contribution >= 0.6 is 15.9 Å². The van der Waals surface area contributed by atoms with Crippen LogP contribution in [0.1, 0.15) is 52.1 Å². The highest BCUT2D eigenvalue weighted by Crippen LogP contribution is 2.28. The molecule has 0 heterocycles. The lowest BCUT2D eigenvalue weighted by Gasteiger charge is -2.15. The fourth-order valence-corrected chi connectivity index (χ4v) is 2.51. The van der Waals surface area contributed by atoms with E-state index in [-0.39, 0.29) is 0 Å². The van der Waals surface area contributed by atoms with E-state index in [1.54, 1.807) is 0 Å². The SMILES string of the molecule is CCNC(C)c1ccc(OCCCC(C)C)c(Br)c1. The third-order valence-corrected chi connectivity index (χ3v) is 3.77. The molecule has 1 aromatic carbocycles. The first kappa shape index (κ1) is 16.5. The van der Waals surface area contributed by atoms with Gasteiger partial charge in [0.25, 0.3) is 0 Å². The second kappa shape index (κ2) is 8.60. The molecule has 1 atom stereocenters. The van der Waals surface area contributed by atoms with Crippen molar-refractivity contribution < 1.29 is 4.74 Å². The first-order valence-electron chi connectivity index (χ1n) is 7.20. The number of ether oxygens (including phenoxy) is 1. The zero-order chi connectivity index (χ0) is 14.3. The van der Waals surface area contributed by atoms with Crippen LogP contribution < -0.4 is 10.1 Å². The average Bonchev–Trinajstić information content (AvgIpc) is 2.36. The molecule has 1 N–H and O–H groups in total. The van der Waals surface area contributed by atoms with Crippen molar-refractivity contribution in [3.05, 3.63) is 28.2 Å². The van der Waals surface area contributed by atoms with E-state index in [0.717, 1.165) is 35.7 Å². The molecule has 0 radical (unpaired) electrons. The van der Waals surface area contributed by atoms with Crippen molar-refractivity contribution in [2.75, 3.05) is 13.2 Å². The van der Waals surface area contributed by atoms with Gasteiger partial charge in [0, 0.05) is 6.04 Å². The average molecular weight is 328 g/mol. The summed E-state index contributed by atoms with van der Waals surface area (Å²) in [5, 5.41) is 3.41. The largest absolute Gasteiger partial charge is 0.492 e. The first-order chi connectivity index (χ1) is 9.04. The maximum atomic E-state index is 5.81. The molecule has 0 aromatic heterocycles. The van der Waals surface area contributed by atoms with Crippen LogP contribution in [0.2, 0.25) is 0 Å². The van der Waals surface area contributed by atoms with Gasteiger partial charge >= 0.3 is 0 Å². The maximum Gasteiger partial charge on any atom is 0.133 e. The van der Waals surface area contributed by atoms with Gasteiger partial charge in [0.1, 0.15) is 5.75 Å². The molecule has 0 saturated heterocycles. The monoisotopic (exact) mass is 327 g/mol. The summed E-state index contributed by atoms with van der Waals surface area (Å²) in [6.45, 7) is 10.6. The molecule has 0 bridgehead atoms. The fourth-order valence-electron chi connectivity index (χ4n) is 2.00. The van der Waals surface area contributed by atoms with E-state index in [2.05, 4.69) is 67.1 Å². The van der Waals surface area contributed by atoms with Crippen molar-refractivity contribution >= 4 is 15.9 Å². The molecular weight excluding hydrogens is 302 g/mol. The predicted octanol–water partition coefficient (Wildman–Crippen LogP) is 4.93. The number of nitrogens with one attached hydrogen (secondary N) is 1. The van der Waals surface area contributed by atoms with E-state index in [1.807, 2.05) is 0 Å². The summed E-state index contributed by atoms with van der Waals surface area (Å²) >= 11 is 3.59. The van der Waals surface area contributed by atoms with Gasteiger partial charge in [0.15, 0.2) is 0 Å². The molecule has 2 nitrogen and oxygen atoms in total. The molecule has 0 saturated carbocycles. The topological polar surface area (TPSA) is 21.3 Å². The third-order valence-electron chi connectivity index (χ3n) is 3.15. The minimum Gasteiger partial charge on any atom is -0.492 e. The zero-order valence-electron chi connectivity index (χ0n) is 12.5. The van der Waals surface area contributed by atoms with Crippen molar-refractivity contribution in [1.29, 1.82) is 0 Å². The Kier molecular flexibility index (Phi) is 7.47. The van der Waals surface area contributed by atoms with Gasteiger partial charge in [0.05, 0.1) is 11.1 Å². The molecule has 0 fully saturated rings. The van der Waals surface area contributed by atoms with Crippen LogP contribution in [0.15, 0.2) is 22.7 Å². The molecule has 0 aliphatic heterocycles. The van der Waals surface area contributed by atoms with Crippen molar-refractivity contribution in [3.8, 4) is 5.75 Å². The van der Waals surface area contributed by atoms with Gasteiger partial charge in [-0.1, -0.05) is 26.8 Å². The number of hydrogen-bond acceptors (Lipinski definition) is 2. The minimum atomic E-state index is 0.372. The van der Waals surface area contributed by atoms with E-state index in [1.165, 1.54) is 12.0 Å². The van der Waals surface area contributed by atoms with E-state index < -0.39 is 0 Å². The number of halogens is 1. The van der Waals surface area contributed by atoms with Gasteiger partial charge in [-0.15, -0.1) is 0 Å². The van der Waals surface area contributed by atoms with Crippen molar-refractivity contribution in [1.82, 2.24) is 5.32 Å². The number of benzene rings is 1. The molecule has 1 unspecified atom stereocenters. The highest BCUT2D eigenvalue weighted by Gasteiger charge is 2.07. The van der Waals surface area contributed by atoms with Crippen LogP contribution in [-0.2, 0) is 0 Å². The lowest BCUT2D eigenvalue weighted by Crippen LogP contribution is -2.17. The second-order valence-electron chi connectivity index (χ2n) is 5.35. The summed E-state index contributed by atoms with van der Waals surface area (Å²) in [5.41, 5.74) is 1.28. The van der Waals surface area contributed by atoms with Crippen molar-refractivity contribution in [2.45, 2.75) is 46.6 Å². The highest BCUT2D eigenvalue weighted by atomic mass is 79.9. The molecule has 0 aliphatic rings. The smallest absolute Gasteiger partial charge is 0.133 e.